The number of aliphatic hydroxyl groups is 1. The van der Waals surface area contributed by atoms with Gasteiger partial charge in [-0.1, -0.05) is 31.2 Å². The summed E-state index contributed by atoms with van der Waals surface area (Å²) in [6, 6.07) is 8.62. The second-order valence-electron chi connectivity index (χ2n) is 4.36. The van der Waals surface area contributed by atoms with Gasteiger partial charge in [0, 0.05) is 23.2 Å². The number of unbranched alkanes of at least 4 members (excludes halogenated alkanes) is 1. The molecule has 0 fully saturated rings. The number of rotatable bonds is 6. The Morgan fingerprint density at radius 2 is 1.94 bits per heavy atom. The summed E-state index contributed by atoms with van der Waals surface area (Å²) in [5.41, 5.74) is 2.53. The maximum Gasteiger partial charge on any atom is 0.123 e. The highest BCUT2D eigenvalue weighted by Crippen LogP contribution is 2.25. The van der Waals surface area contributed by atoms with Gasteiger partial charge in [0.1, 0.15) is 5.01 Å². The monoisotopic (exact) mass is 261 g/mol. The molecule has 2 nitrogen and oxygen atoms in total. The molecule has 0 aliphatic rings. The highest BCUT2D eigenvalue weighted by atomic mass is 32.1. The second-order valence-corrected chi connectivity index (χ2v) is 5.48. The van der Waals surface area contributed by atoms with Gasteiger partial charge in [-0.15, -0.1) is 11.3 Å². The van der Waals surface area contributed by atoms with Crippen molar-refractivity contribution in [1.82, 2.24) is 4.98 Å². The minimum absolute atomic E-state index is 0.289. The predicted octanol–water partition coefficient (Wildman–Crippen LogP) is 3.69. The number of hydrogen-bond acceptors (Lipinski definition) is 3. The van der Waals surface area contributed by atoms with E-state index in [0.29, 0.717) is 0 Å². The first-order valence-electron chi connectivity index (χ1n) is 6.48. The number of aromatic nitrogens is 1. The maximum atomic E-state index is 8.76. The third-order valence-electron chi connectivity index (χ3n) is 2.98. The molecule has 96 valence electrons. The fraction of sp³-hybridized carbons (Fsp3) is 0.400. The molecule has 1 heterocycles. The van der Waals surface area contributed by atoms with Crippen LogP contribution in [0.15, 0.2) is 30.5 Å². The zero-order valence-electron chi connectivity index (χ0n) is 10.7. The molecule has 1 N–H and O–H groups in total. The quantitative estimate of drug-likeness (QED) is 0.805. The van der Waals surface area contributed by atoms with E-state index in [1.807, 2.05) is 6.20 Å². The average Bonchev–Trinajstić information content (AvgIpc) is 2.89. The molecule has 0 bridgehead atoms. The van der Waals surface area contributed by atoms with Gasteiger partial charge in [-0.2, -0.15) is 0 Å². The molecule has 0 aliphatic heterocycles. The van der Waals surface area contributed by atoms with Crippen LogP contribution >= 0.6 is 11.3 Å². The van der Waals surface area contributed by atoms with Crippen LogP contribution in [0.4, 0.5) is 0 Å². The van der Waals surface area contributed by atoms with E-state index in [1.165, 1.54) is 16.0 Å². The average molecular weight is 261 g/mol. The van der Waals surface area contributed by atoms with E-state index in [0.717, 1.165) is 30.7 Å². The van der Waals surface area contributed by atoms with Crippen LogP contribution in [0, 0.1) is 0 Å². The standard InChI is InChI=1S/C15H19NOS/c1-2-14-11-16-15(18-14)13-8-6-12(7-9-13)5-3-4-10-17/h6-9,11,17H,2-5,10H2,1H3. The minimum atomic E-state index is 0.289. The largest absolute Gasteiger partial charge is 0.396 e. The van der Waals surface area contributed by atoms with E-state index in [1.54, 1.807) is 11.3 Å². The Bertz CT molecular complexity index is 475. The number of nitrogens with zero attached hydrogens (tertiary/aromatic N) is 1. The molecule has 0 spiro atoms. The SMILES string of the molecule is CCc1cnc(-c2ccc(CCCCO)cc2)s1. The van der Waals surface area contributed by atoms with Gasteiger partial charge in [0.2, 0.25) is 0 Å². The first-order chi connectivity index (χ1) is 8.83. The van der Waals surface area contributed by atoms with Crippen LogP contribution < -0.4 is 0 Å². The normalized spacial score (nSPS) is 10.8. The van der Waals surface area contributed by atoms with Crippen molar-refractivity contribution in [3.05, 3.63) is 40.9 Å². The maximum absolute atomic E-state index is 8.76. The molecule has 2 aromatic rings. The Balaban J connectivity index is 2.02. The zero-order valence-corrected chi connectivity index (χ0v) is 11.5. The van der Waals surface area contributed by atoms with E-state index in [9.17, 15) is 0 Å². The van der Waals surface area contributed by atoms with E-state index >= 15 is 0 Å². The summed E-state index contributed by atoms with van der Waals surface area (Å²) in [6.07, 6.45) is 5.99. The molecule has 0 amide bonds. The van der Waals surface area contributed by atoms with Crippen LogP contribution in [0.1, 0.15) is 30.2 Å². The molecular weight excluding hydrogens is 242 g/mol. The van der Waals surface area contributed by atoms with Crippen molar-refractivity contribution in [3.63, 3.8) is 0 Å². The minimum Gasteiger partial charge on any atom is -0.396 e. The van der Waals surface area contributed by atoms with Crippen molar-refractivity contribution in [2.75, 3.05) is 6.61 Å². The van der Waals surface area contributed by atoms with E-state index in [4.69, 9.17) is 5.11 Å². The van der Waals surface area contributed by atoms with Crippen LogP contribution in [0.5, 0.6) is 0 Å². The lowest BCUT2D eigenvalue weighted by Crippen LogP contribution is -1.88. The highest BCUT2D eigenvalue weighted by molar-refractivity contribution is 7.15. The van der Waals surface area contributed by atoms with Crippen molar-refractivity contribution in [2.24, 2.45) is 0 Å². The van der Waals surface area contributed by atoms with Crippen molar-refractivity contribution in [1.29, 1.82) is 0 Å². The Morgan fingerprint density at radius 3 is 2.56 bits per heavy atom. The van der Waals surface area contributed by atoms with Gasteiger partial charge >= 0.3 is 0 Å². The second kappa shape index (κ2) is 6.66. The number of aliphatic hydroxyl groups excluding tert-OH is 1. The molecule has 3 heteroatoms. The Labute approximate surface area is 112 Å². The molecule has 0 aliphatic carbocycles. The predicted molar refractivity (Wildman–Crippen MR) is 77.0 cm³/mol. The van der Waals surface area contributed by atoms with Crippen LogP contribution in [-0.2, 0) is 12.8 Å². The van der Waals surface area contributed by atoms with Gasteiger partial charge in [-0.25, -0.2) is 4.98 Å². The molecule has 0 radical (unpaired) electrons. The molecule has 1 aromatic carbocycles. The number of benzene rings is 1. The molecule has 0 unspecified atom stereocenters. The van der Waals surface area contributed by atoms with Gasteiger partial charge in [0.25, 0.3) is 0 Å². The van der Waals surface area contributed by atoms with Crippen molar-refractivity contribution < 1.29 is 5.11 Å². The van der Waals surface area contributed by atoms with Gasteiger partial charge in [0.05, 0.1) is 0 Å². The Morgan fingerprint density at radius 1 is 1.17 bits per heavy atom. The summed E-state index contributed by atoms with van der Waals surface area (Å²) in [6.45, 7) is 2.44. The fourth-order valence-electron chi connectivity index (χ4n) is 1.86. The van der Waals surface area contributed by atoms with Crippen LogP contribution in [0.2, 0.25) is 0 Å². The lowest BCUT2D eigenvalue weighted by Gasteiger charge is -2.01. The molecule has 0 atom stereocenters. The number of hydrogen-bond donors (Lipinski definition) is 1. The van der Waals surface area contributed by atoms with Gasteiger partial charge < -0.3 is 5.11 Å². The third-order valence-corrected chi connectivity index (χ3v) is 4.17. The summed E-state index contributed by atoms with van der Waals surface area (Å²) in [4.78, 5) is 5.78. The van der Waals surface area contributed by atoms with Crippen LogP contribution in [0.3, 0.4) is 0 Å². The fourth-order valence-corrected chi connectivity index (χ4v) is 2.72. The number of thiazole rings is 1. The highest BCUT2D eigenvalue weighted by Gasteiger charge is 2.03. The van der Waals surface area contributed by atoms with Crippen LogP contribution in [-0.4, -0.2) is 16.7 Å². The van der Waals surface area contributed by atoms with Crippen molar-refractivity contribution in [2.45, 2.75) is 32.6 Å². The topological polar surface area (TPSA) is 33.1 Å². The summed E-state index contributed by atoms with van der Waals surface area (Å²) >= 11 is 1.77. The van der Waals surface area contributed by atoms with Crippen molar-refractivity contribution >= 4 is 11.3 Å². The summed E-state index contributed by atoms with van der Waals surface area (Å²) < 4.78 is 0. The first kappa shape index (κ1) is 13.2. The van der Waals surface area contributed by atoms with Gasteiger partial charge in [-0.3, -0.25) is 0 Å². The van der Waals surface area contributed by atoms with E-state index in [2.05, 4.69) is 36.2 Å². The molecule has 0 saturated carbocycles. The molecule has 18 heavy (non-hydrogen) atoms. The first-order valence-corrected chi connectivity index (χ1v) is 7.30. The molecule has 0 saturated heterocycles. The van der Waals surface area contributed by atoms with E-state index in [-0.39, 0.29) is 6.61 Å². The van der Waals surface area contributed by atoms with E-state index < -0.39 is 0 Å². The smallest absolute Gasteiger partial charge is 0.123 e. The summed E-state index contributed by atoms with van der Waals surface area (Å²) in [7, 11) is 0. The Kier molecular flexibility index (Phi) is 4.90. The van der Waals surface area contributed by atoms with Crippen molar-refractivity contribution in [3.8, 4) is 10.6 Å². The lowest BCUT2D eigenvalue weighted by molar-refractivity contribution is 0.284. The van der Waals surface area contributed by atoms with Gasteiger partial charge in [0.15, 0.2) is 0 Å². The lowest BCUT2D eigenvalue weighted by atomic mass is 10.1. The van der Waals surface area contributed by atoms with Gasteiger partial charge in [-0.05, 0) is 31.2 Å². The molecule has 2 rings (SSSR count). The third kappa shape index (κ3) is 3.40. The summed E-state index contributed by atoms with van der Waals surface area (Å²) in [5.74, 6) is 0. The zero-order chi connectivity index (χ0) is 12.8. The molecular formula is C15H19NOS. The molecule has 1 aromatic heterocycles. The Hall–Kier alpha value is -1.19. The summed E-state index contributed by atoms with van der Waals surface area (Å²) in [5, 5.41) is 9.86. The van der Waals surface area contributed by atoms with Crippen LogP contribution in [0.25, 0.3) is 10.6 Å². The number of aryl methyl sites for hydroxylation is 2.